The van der Waals surface area contributed by atoms with Crippen LogP contribution in [-0.2, 0) is 30.1 Å². The van der Waals surface area contributed by atoms with Crippen molar-refractivity contribution in [3.63, 3.8) is 0 Å². The van der Waals surface area contributed by atoms with E-state index in [1.54, 1.807) is 0 Å². The first kappa shape index (κ1) is 31.7. The van der Waals surface area contributed by atoms with Crippen molar-refractivity contribution in [2.75, 3.05) is 19.6 Å². The van der Waals surface area contributed by atoms with Gasteiger partial charge in [-0.3, -0.25) is 9.59 Å². The van der Waals surface area contributed by atoms with Gasteiger partial charge in [0.1, 0.15) is 6.54 Å². The Labute approximate surface area is 245 Å². The van der Waals surface area contributed by atoms with Crippen LogP contribution in [0.25, 0.3) is 10.9 Å². The highest BCUT2D eigenvalue weighted by molar-refractivity contribution is 5.96. The smallest absolute Gasteiger partial charge is 0.361 e. The molecule has 0 aliphatic heterocycles. The molecule has 2 amide bonds. The Hall–Kier alpha value is -4.28. The number of nitrogens with one attached hydrogen (secondary N) is 1. The fraction of sp³-hybridized carbons (Fsp3) is 0.312. The van der Waals surface area contributed by atoms with Gasteiger partial charge in [-0.15, -0.1) is 0 Å². The summed E-state index contributed by atoms with van der Waals surface area (Å²) in [5.41, 5.74) is 0.650. The van der Waals surface area contributed by atoms with E-state index in [-0.39, 0.29) is 37.7 Å². The maximum atomic E-state index is 13.7. The maximum absolute atomic E-state index is 13.7. The molecule has 43 heavy (non-hydrogen) atoms. The highest BCUT2D eigenvalue weighted by atomic mass is 19.4. The molecular formula is C32H31F6N3O2. The zero-order valence-corrected chi connectivity index (χ0v) is 23.6. The summed E-state index contributed by atoms with van der Waals surface area (Å²) in [7, 11) is 0. The van der Waals surface area contributed by atoms with E-state index in [1.165, 1.54) is 21.9 Å². The Kier molecular flexibility index (Phi) is 9.52. The summed E-state index contributed by atoms with van der Waals surface area (Å²) in [6.07, 6.45) is -6.78. The van der Waals surface area contributed by atoms with Crippen LogP contribution in [0.2, 0.25) is 0 Å². The molecule has 0 spiro atoms. The molecule has 3 aromatic carbocycles. The molecule has 0 bridgehead atoms. The zero-order chi connectivity index (χ0) is 31.4. The molecule has 1 aromatic heterocycles. The number of carbonyl (C=O) groups is 2. The molecule has 0 fully saturated rings. The number of hydrogen-bond acceptors (Lipinski definition) is 2. The van der Waals surface area contributed by atoms with Gasteiger partial charge >= 0.3 is 12.4 Å². The van der Waals surface area contributed by atoms with Gasteiger partial charge < -0.3 is 14.8 Å². The third kappa shape index (κ3) is 8.18. The van der Waals surface area contributed by atoms with Gasteiger partial charge in [-0.2, -0.15) is 26.3 Å². The second-order valence-electron chi connectivity index (χ2n) is 10.8. The second-order valence-corrected chi connectivity index (χ2v) is 10.8. The number of hydrogen-bond donors (Lipinski definition) is 1. The van der Waals surface area contributed by atoms with Gasteiger partial charge in [0.05, 0.1) is 11.1 Å². The van der Waals surface area contributed by atoms with E-state index in [9.17, 15) is 35.9 Å². The fourth-order valence-electron chi connectivity index (χ4n) is 4.81. The lowest BCUT2D eigenvalue weighted by Crippen LogP contribution is -2.44. The van der Waals surface area contributed by atoms with E-state index in [0.717, 1.165) is 52.9 Å². The van der Waals surface area contributed by atoms with E-state index < -0.39 is 35.3 Å². The van der Waals surface area contributed by atoms with E-state index >= 15 is 0 Å². The molecule has 0 aliphatic carbocycles. The Balaban J connectivity index is 1.57. The molecule has 4 aromatic rings. The van der Waals surface area contributed by atoms with Gasteiger partial charge in [-0.25, -0.2) is 0 Å². The number of para-hydroxylation sites is 1. The summed E-state index contributed by atoms with van der Waals surface area (Å²) in [6, 6.07) is 16.0. The van der Waals surface area contributed by atoms with Crippen molar-refractivity contribution in [2.24, 2.45) is 5.92 Å². The lowest BCUT2D eigenvalue weighted by atomic mass is 10.1. The molecule has 228 valence electrons. The minimum atomic E-state index is -4.56. The number of H-pyrrole nitrogens is 1. The fourth-order valence-corrected chi connectivity index (χ4v) is 4.81. The lowest BCUT2D eigenvalue weighted by Gasteiger charge is -2.29. The summed E-state index contributed by atoms with van der Waals surface area (Å²) in [4.78, 5) is 33.0. The van der Waals surface area contributed by atoms with Crippen molar-refractivity contribution in [1.29, 1.82) is 0 Å². The Morgan fingerprint density at radius 1 is 0.791 bits per heavy atom. The van der Waals surface area contributed by atoms with Crippen LogP contribution in [0.3, 0.4) is 0 Å². The number of nitrogens with zero attached hydrogens (tertiary/aromatic N) is 2. The minimum Gasteiger partial charge on any atom is -0.361 e. The third-order valence-corrected chi connectivity index (χ3v) is 6.99. The maximum Gasteiger partial charge on any atom is 0.416 e. The number of fused-ring (bicyclic) bond motifs is 1. The third-order valence-electron chi connectivity index (χ3n) is 6.99. The monoisotopic (exact) mass is 603 g/mol. The standard InChI is InChI=1S/C32H31F6N3O2/c1-21(2)18-41(30(43)23-9-13-26(14-10-23)32(36,37)38)20-29(42)40(19-22-7-11-25(12-8-22)31(33,34)35)16-15-24-17-39-28-6-4-3-5-27(24)28/h3-14,17,21,39H,15-16,18-20H2,1-2H3. The summed E-state index contributed by atoms with van der Waals surface area (Å²) in [6.45, 7) is 3.71. The van der Waals surface area contributed by atoms with Crippen LogP contribution in [0.15, 0.2) is 79.0 Å². The topological polar surface area (TPSA) is 56.4 Å². The largest absolute Gasteiger partial charge is 0.416 e. The number of alkyl halides is 6. The molecule has 0 atom stereocenters. The van der Waals surface area contributed by atoms with Crippen LogP contribution >= 0.6 is 0 Å². The number of amides is 2. The van der Waals surface area contributed by atoms with Crippen LogP contribution in [0.1, 0.15) is 46.5 Å². The summed E-state index contributed by atoms with van der Waals surface area (Å²) in [5, 5.41) is 0.975. The van der Waals surface area contributed by atoms with Gasteiger partial charge in [-0.05, 0) is 65.9 Å². The van der Waals surface area contributed by atoms with Crippen molar-refractivity contribution in [3.8, 4) is 0 Å². The van der Waals surface area contributed by atoms with Crippen LogP contribution in [0.5, 0.6) is 0 Å². The Bertz CT molecular complexity index is 1540. The number of rotatable bonds is 10. The first-order valence-corrected chi connectivity index (χ1v) is 13.7. The van der Waals surface area contributed by atoms with E-state index in [0.29, 0.717) is 12.0 Å². The summed E-state index contributed by atoms with van der Waals surface area (Å²) >= 11 is 0. The van der Waals surface area contributed by atoms with Gasteiger partial charge in [0.25, 0.3) is 5.91 Å². The van der Waals surface area contributed by atoms with E-state index in [4.69, 9.17) is 0 Å². The minimum absolute atomic E-state index is 0.00329. The van der Waals surface area contributed by atoms with Crippen LogP contribution < -0.4 is 0 Å². The normalized spacial score (nSPS) is 12.1. The van der Waals surface area contributed by atoms with Gasteiger partial charge in [0.15, 0.2) is 0 Å². The molecule has 0 unspecified atom stereocenters. The summed E-state index contributed by atoms with van der Waals surface area (Å²) in [5.74, 6) is -1.09. The number of halogens is 6. The van der Waals surface area contributed by atoms with Crippen LogP contribution in [0.4, 0.5) is 26.3 Å². The van der Waals surface area contributed by atoms with Crippen molar-refractivity contribution < 1.29 is 35.9 Å². The van der Waals surface area contributed by atoms with Gasteiger partial charge in [0, 0.05) is 42.3 Å². The molecule has 11 heteroatoms. The predicted molar refractivity (Wildman–Crippen MR) is 151 cm³/mol. The quantitative estimate of drug-likeness (QED) is 0.190. The lowest BCUT2D eigenvalue weighted by molar-refractivity contribution is -0.138. The van der Waals surface area contributed by atoms with Crippen LogP contribution in [-0.4, -0.2) is 46.2 Å². The van der Waals surface area contributed by atoms with Gasteiger partial charge in [0.2, 0.25) is 5.91 Å². The van der Waals surface area contributed by atoms with E-state index in [2.05, 4.69) is 4.98 Å². The second kappa shape index (κ2) is 12.9. The molecular weight excluding hydrogens is 572 g/mol. The Morgan fingerprint density at radius 2 is 1.37 bits per heavy atom. The predicted octanol–water partition coefficient (Wildman–Crippen LogP) is 7.58. The Morgan fingerprint density at radius 3 is 1.95 bits per heavy atom. The van der Waals surface area contributed by atoms with Gasteiger partial charge in [-0.1, -0.05) is 44.2 Å². The SMILES string of the molecule is CC(C)CN(CC(=O)N(CCc1c[nH]c2ccccc12)Cc1ccc(C(F)(F)F)cc1)C(=O)c1ccc(C(F)(F)F)cc1. The molecule has 0 radical (unpaired) electrons. The molecule has 0 saturated heterocycles. The zero-order valence-electron chi connectivity index (χ0n) is 23.6. The average molecular weight is 604 g/mol. The number of benzene rings is 3. The van der Waals surface area contributed by atoms with Crippen molar-refractivity contribution in [2.45, 2.75) is 39.2 Å². The van der Waals surface area contributed by atoms with Crippen molar-refractivity contribution in [3.05, 3.63) is 107 Å². The molecule has 4 rings (SSSR count). The van der Waals surface area contributed by atoms with Crippen molar-refractivity contribution in [1.82, 2.24) is 14.8 Å². The van der Waals surface area contributed by atoms with E-state index in [1.807, 2.05) is 44.3 Å². The number of aromatic amines is 1. The molecule has 0 aliphatic rings. The molecule has 1 N–H and O–H groups in total. The highest BCUT2D eigenvalue weighted by Gasteiger charge is 2.32. The van der Waals surface area contributed by atoms with Crippen molar-refractivity contribution >= 4 is 22.7 Å². The molecule has 5 nitrogen and oxygen atoms in total. The first-order chi connectivity index (χ1) is 20.2. The molecule has 0 saturated carbocycles. The number of aromatic nitrogens is 1. The van der Waals surface area contributed by atoms with Crippen LogP contribution in [0, 0.1) is 5.92 Å². The average Bonchev–Trinajstić information content (AvgIpc) is 3.36. The summed E-state index contributed by atoms with van der Waals surface area (Å²) < 4.78 is 78.4. The molecule has 1 heterocycles. The highest BCUT2D eigenvalue weighted by Crippen LogP contribution is 2.30. The number of carbonyl (C=O) groups excluding carboxylic acids is 2. The first-order valence-electron chi connectivity index (χ1n) is 13.7.